The summed E-state index contributed by atoms with van der Waals surface area (Å²) in [5, 5.41) is 5.44. The monoisotopic (exact) mass is 424 g/mol. The minimum absolute atomic E-state index is 0.0106. The van der Waals surface area contributed by atoms with Gasteiger partial charge in [-0.15, -0.1) is 0 Å². The number of carbonyl (C=O) groups is 3. The molecule has 7 nitrogen and oxygen atoms in total. The second-order valence-corrected chi connectivity index (χ2v) is 7.09. The van der Waals surface area contributed by atoms with E-state index in [2.05, 4.69) is 10.6 Å². The quantitative estimate of drug-likeness (QED) is 0.477. The second-order valence-electron chi connectivity index (χ2n) is 7.09. The van der Waals surface area contributed by atoms with E-state index in [1.807, 2.05) is 43.3 Å². The predicted octanol–water partition coefficient (Wildman–Crippen LogP) is 2.94. The average molecular weight is 424 g/mol. The number of methoxy groups -OCH3 is 2. The van der Waals surface area contributed by atoms with Crippen LogP contribution in [0.3, 0.4) is 0 Å². The van der Waals surface area contributed by atoms with Crippen LogP contribution in [0.15, 0.2) is 54.6 Å². The van der Waals surface area contributed by atoms with E-state index < -0.39 is 29.9 Å². The summed E-state index contributed by atoms with van der Waals surface area (Å²) in [4.78, 5) is 36.6. The topological polar surface area (TPSA) is 93.7 Å². The summed E-state index contributed by atoms with van der Waals surface area (Å²) in [6.45, 7) is 3.54. The van der Waals surface area contributed by atoms with Crippen molar-refractivity contribution < 1.29 is 23.9 Å². The Morgan fingerprint density at radius 3 is 2.19 bits per heavy atom. The second kappa shape index (κ2) is 11.5. The van der Waals surface area contributed by atoms with Gasteiger partial charge in [0.1, 0.15) is 11.8 Å². The Balaban J connectivity index is 1.98. The number of benzene rings is 2. The van der Waals surface area contributed by atoms with Crippen LogP contribution in [0.25, 0.3) is 6.08 Å². The van der Waals surface area contributed by atoms with Crippen LogP contribution in [0.1, 0.15) is 36.1 Å². The molecule has 2 N–H and O–H groups in total. The number of esters is 1. The number of rotatable bonds is 9. The van der Waals surface area contributed by atoms with Gasteiger partial charge in [-0.3, -0.25) is 14.4 Å². The molecule has 0 saturated carbocycles. The Morgan fingerprint density at radius 2 is 1.61 bits per heavy atom. The average Bonchev–Trinajstić information content (AvgIpc) is 2.77. The lowest BCUT2D eigenvalue weighted by molar-refractivity contribution is -0.141. The van der Waals surface area contributed by atoms with Gasteiger partial charge in [0.15, 0.2) is 0 Å². The molecule has 0 saturated heterocycles. The van der Waals surface area contributed by atoms with Crippen molar-refractivity contribution in [1.82, 2.24) is 10.6 Å². The first-order valence-corrected chi connectivity index (χ1v) is 9.88. The van der Waals surface area contributed by atoms with Crippen molar-refractivity contribution in [2.75, 3.05) is 14.2 Å². The van der Waals surface area contributed by atoms with E-state index in [1.54, 1.807) is 32.2 Å². The normalized spacial score (nSPS) is 12.6. The van der Waals surface area contributed by atoms with Crippen molar-refractivity contribution in [1.29, 1.82) is 0 Å². The summed E-state index contributed by atoms with van der Waals surface area (Å²) < 4.78 is 9.84. The fraction of sp³-hybridized carbons (Fsp3) is 0.292. The van der Waals surface area contributed by atoms with Crippen LogP contribution in [0.2, 0.25) is 0 Å². The zero-order chi connectivity index (χ0) is 22.8. The molecule has 0 aliphatic heterocycles. The smallest absolute Gasteiger partial charge is 0.307 e. The summed E-state index contributed by atoms with van der Waals surface area (Å²) >= 11 is 0. The van der Waals surface area contributed by atoms with Gasteiger partial charge >= 0.3 is 5.97 Å². The van der Waals surface area contributed by atoms with Crippen molar-refractivity contribution in [2.45, 2.75) is 32.4 Å². The molecule has 0 aliphatic rings. The largest absolute Gasteiger partial charge is 0.497 e. The van der Waals surface area contributed by atoms with Gasteiger partial charge in [-0.25, -0.2) is 0 Å². The van der Waals surface area contributed by atoms with Crippen LogP contribution in [0, 0.1) is 6.92 Å². The highest BCUT2D eigenvalue weighted by atomic mass is 16.5. The highest BCUT2D eigenvalue weighted by molar-refractivity contribution is 5.95. The maximum absolute atomic E-state index is 12.6. The Bertz CT molecular complexity index is 920. The Labute approximate surface area is 182 Å². The molecule has 0 heterocycles. The molecule has 0 aromatic heterocycles. The van der Waals surface area contributed by atoms with Gasteiger partial charge in [-0.2, -0.15) is 0 Å². The number of amides is 2. The van der Waals surface area contributed by atoms with Gasteiger partial charge in [0.05, 0.1) is 26.7 Å². The third kappa shape index (κ3) is 7.62. The fourth-order valence-electron chi connectivity index (χ4n) is 2.81. The number of ether oxygens (including phenoxy) is 2. The van der Waals surface area contributed by atoms with E-state index in [0.717, 1.165) is 22.4 Å². The SMILES string of the molecule is COC(=O)CC(NC(=O)C(C)NC(=O)C=Cc1ccc(OC)cc1)c1ccc(C)cc1. The van der Waals surface area contributed by atoms with E-state index in [9.17, 15) is 14.4 Å². The number of aryl methyl sites for hydroxylation is 1. The van der Waals surface area contributed by atoms with E-state index in [0.29, 0.717) is 0 Å². The fourth-order valence-corrected chi connectivity index (χ4v) is 2.81. The first kappa shape index (κ1) is 23.7. The van der Waals surface area contributed by atoms with Crippen molar-refractivity contribution >= 4 is 23.9 Å². The minimum Gasteiger partial charge on any atom is -0.497 e. The van der Waals surface area contributed by atoms with Crippen LogP contribution in [0.5, 0.6) is 5.75 Å². The van der Waals surface area contributed by atoms with Crippen molar-refractivity contribution in [2.24, 2.45) is 0 Å². The molecule has 0 radical (unpaired) electrons. The maximum atomic E-state index is 12.6. The van der Waals surface area contributed by atoms with Crippen molar-refractivity contribution in [3.8, 4) is 5.75 Å². The van der Waals surface area contributed by atoms with Gasteiger partial charge in [-0.1, -0.05) is 42.0 Å². The van der Waals surface area contributed by atoms with Crippen LogP contribution in [-0.2, 0) is 19.1 Å². The molecular weight excluding hydrogens is 396 g/mol. The third-order valence-corrected chi connectivity index (χ3v) is 4.69. The van der Waals surface area contributed by atoms with Crippen LogP contribution in [-0.4, -0.2) is 38.0 Å². The van der Waals surface area contributed by atoms with Gasteiger partial charge in [0.25, 0.3) is 0 Å². The number of carbonyl (C=O) groups excluding carboxylic acids is 3. The molecule has 7 heteroatoms. The molecule has 2 atom stereocenters. The Kier molecular flexibility index (Phi) is 8.81. The zero-order valence-corrected chi connectivity index (χ0v) is 18.2. The molecule has 164 valence electrons. The van der Waals surface area contributed by atoms with Crippen LogP contribution < -0.4 is 15.4 Å². The number of hydrogen-bond donors (Lipinski definition) is 2. The molecule has 31 heavy (non-hydrogen) atoms. The Morgan fingerprint density at radius 1 is 0.968 bits per heavy atom. The molecule has 0 spiro atoms. The minimum atomic E-state index is -0.793. The van der Waals surface area contributed by atoms with E-state index in [4.69, 9.17) is 9.47 Å². The molecule has 0 aliphatic carbocycles. The van der Waals surface area contributed by atoms with E-state index in [-0.39, 0.29) is 6.42 Å². The third-order valence-electron chi connectivity index (χ3n) is 4.69. The van der Waals surface area contributed by atoms with E-state index in [1.165, 1.54) is 13.2 Å². The van der Waals surface area contributed by atoms with Crippen LogP contribution in [0.4, 0.5) is 0 Å². The highest BCUT2D eigenvalue weighted by Crippen LogP contribution is 2.18. The maximum Gasteiger partial charge on any atom is 0.307 e. The van der Waals surface area contributed by atoms with E-state index >= 15 is 0 Å². The highest BCUT2D eigenvalue weighted by Gasteiger charge is 2.22. The van der Waals surface area contributed by atoms with Gasteiger partial charge in [-0.05, 0) is 43.2 Å². The van der Waals surface area contributed by atoms with Crippen LogP contribution >= 0.6 is 0 Å². The summed E-state index contributed by atoms with van der Waals surface area (Å²) in [5.74, 6) is -0.522. The molecule has 2 amide bonds. The molecule has 2 aromatic carbocycles. The summed E-state index contributed by atoms with van der Waals surface area (Å²) in [7, 11) is 2.88. The number of hydrogen-bond acceptors (Lipinski definition) is 5. The molecule has 0 fully saturated rings. The zero-order valence-electron chi connectivity index (χ0n) is 18.2. The summed E-state index contributed by atoms with van der Waals surface area (Å²) in [5.41, 5.74) is 2.67. The first-order chi connectivity index (χ1) is 14.8. The van der Waals surface area contributed by atoms with Crippen molar-refractivity contribution in [3.63, 3.8) is 0 Å². The lowest BCUT2D eigenvalue weighted by Gasteiger charge is -2.21. The molecular formula is C24H28N2O5. The van der Waals surface area contributed by atoms with Gasteiger partial charge < -0.3 is 20.1 Å². The molecule has 2 unspecified atom stereocenters. The predicted molar refractivity (Wildman–Crippen MR) is 118 cm³/mol. The Hall–Kier alpha value is -3.61. The lowest BCUT2D eigenvalue weighted by Crippen LogP contribution is -2.45. The lowest BCUT2D eigenvalue weighted by atomic mass is 10.0. The van der Waals surface area contributed by atoms with Crippen molar-refractivity contribution in [3.05, 3.63) is 71.3 Å². The first-order valence-electron chi connectivity index (χ1n) is 9.88. The molecule has 2 aromatic rings. The van der Waals surface area contributed by atoms with Gasteiger partial charge in [0.2, 0.25) is 11.8 Å². The van der Waals surface area contributed by atoms with Gasteiger partial charge in [0, 0.05) is 6.08 Å². The molecule has 2 rings (SSSR count). The standard InChI is InChI=1S/C24H28N2O5/c1-16-5-10-19(11-6-16)21(15-23(28)31-4)26-24(29)17(2)25-22(27)14-9-18-7-12-20(30-3)13-8-18/h5-14,17,21H,15H2,1-4H3,(H,25,27)(H,26,29). The number of nitrogens with one attached hydrogen (secondary N) is 2. The summed E-state index contributed by atoms with van der Waals surface area (Å²) in [6.07, 6.45) is 2.99. The molecule has 0 bridgehead atoms. The summed E-state index contributed by atoms with van der Waals surface area (Å²) in [6, 6.07) is 13.4.